The summed E-state index contributed by atoms with van der Waals surface area (Å²) in [6.45, 7) is 4.47. The van der Waals surface area contributed by atoms with Crippen molar-refractivity contribution in [3.63, 3.8) is 0 Å². The van der Waals surface area contributed by atoms with Gasteiger partial charge >= 0.3 is 0 Å². The van der Waals surface area contributed by atoms with Crippen molar-refractivity contribution in [2.75, 3.05) is 7.05 Å². The average Bonchev–Trinajstić information content (AvgIpc) is 2.88. The first-order chi connectivity index (χ1) is 11.2. The van der Waals surface area contributed by atoms with Gasteiger partial charge < -0.3 is 4.57 Å². The van der Waals surface area contributed by atoms with E-state index in [0.717, 1.165) is 25.9 Å². The second-order valence-electron chi connectivity index (χ2n) is 6.80. The summed E-state index contributed by atoms with van der Waals surface area (Å²) in [7, 11) is 2.24. The standard InChI is InChI=1S/C21H24N2/c1-16-14-21-19(15-22(16)2)18-10-6-7-11-20(18)23(21)13-12-17-8-4-3-5-9-17/h3-11,16H,12-15H2,1-2H3. The van der Waals surface area contributed by atoms with Gasteiger partial charge in [-0.1, -0.05) is 48.5 Å². The van der Waals surface area contributed by atoms with Gasteiger partial charge in [-0.15, -0.1) is 0 Å². The van der Waals surface area contributed by atoms with E-state index in [0.29, 0.717) is 6.04 Å². The quantitative estimate of drug-likeness (QED) is 0.702. The Balaban J connectivity index is 1.75. The van der Waals surface area contributed by atoms with Crippen molar-refractivity contribution < 1.29 is 0 Å². The Hall–Kier alpha value is -2.06. The highest BCUT2D eigenvalue weighted by molar-refractivity contribution is 5.85. The second-order valence-corrected chi connectivity index (χ2v) is 6.80. The Morgan fingerprint density at radius 2 is 1.74 bits per heavy atom. The zero-order valence-corrected chi connectivity index (χ0v) is 14.0. The molecule has 1 aromatic heterocycles. The number of rotatable bonds is 3. The molecule has 0 radical (unpaired) electrons. The lowest BCUT2D eigenvalue weighted by Crippen LogP contribution is -2.35. The van der Waals surface area contributed by atoms with Gasteiger partial charge in [0.1, 0.15) is 0 Å². The van der Waals surface area contributed by atoms with E-state index in [2.05, 4.69) is 78.0 Å². The highest BCUT2D eigenvalue weighted by Crippen LogP contribution is 2.32. The summed E-state index contributed by atoms with van der Waals surface area (Å²) in [6.07, 6.45) is 2.24. The first-order valence-electron chi connectivity index (χ1n) is 8.57. The van der Waals surface area contributed by atoms with E-state index in [1.807, 2.05) is 0 Å². The van der Waals surface area contributed by atoms with E-state index in [-0.39, 0.29) is 0 Å². The summed E-state index contributed by atoms with van der Waals surface area (Å²) in [5, 5.41) is 1.44. The zero-order valence-electron chi connectivity index (χ0n) is 14.0. The van der Waals surface area contributed by atoms with Crippen LogP contribution < -0.4 is 0 Å². The molecule has 1 aliphatic heterocycles. The lowest BCUT2D eigenvalue weighted by Gasteiger charge is -2.31. The molecular formula is C21H24N2. The topological polar surface area (TPSA) is 8.17 Å². The van der Waals surface area contributed by atoms with E-state index >= 15 is 0 Å². The molecule has 2 aromatic carbocycles. The second kappa shape index (κ2) is 5.86. The molecule has 0 saturated heterocycles. The summed E-state index contributed by atoms with van der Waals surface area (Å²) in [6, 6.07) is 20.3. The molecule has 0 amide bonds. The van der Waals surface area contributed by atoms with E-state index in [4.69, 9.17) is 0 Å². The molecule has 0 fully saturated rings. The summed E-state index contributed by atoms with van der Waals surface area (Å²) in [4.78, 5) is 2.47. The van der Waals surface area contributed by atoms with Crippen molar-refractivity contribution in [1.29, 1.82) is 0 Å². The predicted octanol–water partition coefficient (Wildman–Crippen LogP) is 4.26. The average molecular weight is 304 g/mol. The van der Waals surface area contributed by atoms with Crippen LogP contribution >= 0.6 is 0 Å². The number of para-hydroxylation sites is 1. The van der Waals surface area contributed by atoms with Crippen LogP contribution in [0.15, 0.2) is 54.6 Å². The third-order valence-electron chi connectivity index (χ3n) is 5.31. The third-order valence-corrected chi connectivity index (χ3v) is 5.31. The van der Waals surface area contributed by atoms with Gasteiger partial charge in [-0.3, -0.25) is 4.90 Å². The molecule has 0 aliphatic carbocycles. The van der Waals surface area contributed by atoms with Gasteiger partial charge in [-0.25, -0.2) is 0 Å². The number of aryl methyl sites for hydroxylation is 2. The van der Waals surface area contributed by atoms with Gasteiger partial charge in [-0.2, -0.15) is 0 Å². The fourth-order valence-corrected chi connectivity index (χ4v) is 3.82. The van der Waals surface area contributed by atoms with Gasteiger partial charge in [0.15, 0.2) is 0 Å². The molecule has 0 saturated carbocycles. The van der Waals surface area contributed by atoms with Gasteiger partial charge in [-0.05, 0) is 37.6 Å². The monoisotopic (exact) mass is 304 g/mol. The zero-order chi connectivity index (χ0) is 15.8. The van der Waals surface area contributed by atoms with Crippen LogP contribution in [0, 0.1) is 0 Å². The van der Waals surface area contributed by atoms with Gasteiger partial charge in [0.05, 0.1) is 0 Å². The van der Waals surface area contributed by atoms with Crippen LogP contribution in [0.5, 0.6) is 0 Å². The van der Waals surface area contributed by atoms with Gasteiger partial charge in [0.2, 0.25) is 0 Å². The summed E-state index contributed by atoms with van der Waals surface area (Å²) in [5.41, 5.74) is 5.90. The lowest BCUT2D eigenvalue weighted by molar-refractivity contribution is 0.228. The summed E-state index contributed by atoms with van der Waals surface area (Å²) in [5.74, 6) is 0. The third kappa shape index (κ3) is 2.57. The predicted molar refractivity (Wildman–Crippen MR) is 96.7 cm³/mol. The first-order valence-corrected chi connectivity index (χ1v) is 8.57. The highest BCUT2D eigenvalue weighted by Gasteiger charge is 2.26. The van der Waals surface area contributed by atoms with Crippen LogP contribution in [0.3, 0.4) is 0 Å². The molecule has 23 heavy (non-hydrogen) atoms. The van der Waals surface area contributed by atoms with E-state index in [1.165, 1.54) is 22.0 Å². The fourth-order valence-electron chi connectivity index (χ4n) is 3.82. The van der Waals surface area contributed by atoms with Crippen molar-refractivity contribution in [2.24, 2.45) is 0 Å². The minimum atomic E-state index is 0.613. The van der Waals surface area contributed by atoms with Crippen molar-refractivity contribution in [3.05, 3.63) is 71.4 Å². The number of hydrogen-bond acceptors (Lipinski definition) is 1. The summed E-state index contributed by atoms with van der Waals surface area (Å²) < 4.78 is 2.57. The smallest absolute Gasteiger partial charge is 0.0486 e. The van der Waals surface area contributed by atoms with Crippen molar-refractivity contribution in [2.45, 2.75) is 38.9 Å². The normalized spacial score (nSPS) is 18.3. The Bertz CT molecular complexity index is 816. The van der Waals surface area contributed by atoms with Crippen molar-refractivity contribution in [1.82, 2.24) is 9.47 Å². The molecule has 1 aliphatic rings. The van der Waals surface area contributed by atoms with E-state index < -0.39 is 0 Å². The van der Waals surface area contributed by atoms with Gasteiger partial charge in [0.25, 0.3) is 0 Å². The highest BCUT2D eigenvalue weighted by atomic mass is 15.1. The van der Waals surface area contributed by atoms with Crippen molar-refractivity contribution >= 4 is 10.9 Å². The Labute approximate surface area is 138 Å². The molecular weight excluding hydrogens is 280 g/mol. The number of hydrogen-bond donors (Lipinski definition) is 0. The molecule has 1 unspecified atom stereocenters. The molecule has 118 valence electrons. The summed E-state index contributed by atoms with van der Waals surface area (Å²) >= 11 is 0. The Morgan fingerprint density at radius 3 is 2.57 bits per heavy atom. The van der Waals surface area contributed by atoms with Crippen LogP contribution in [0.1, 0.15) is 23.7 Å². The molecule has 0 N–H and O–H groups in total. The van der Waals surface area contributed by atoms with Crippen LogP contribution in [0.4, 0.5) is 0 Å². The maximum Gasteiger partial charge on any atom is 0.0486 e. The fraction of sp³-hybridized carbons (Fsp3) is 0.333. The molecule has 2 heteroatoms. The Kier molecular flexibility index (Phi) is 3.70. The largest absolute Gasteiger partial charge is 0.344 e. The maximum absolute atomic E-state index is 2.57. The van der Waals surface area contributed by atoms with Gasteiger partial charge in [0, 0.05) is 42.1 Å². The molecule has 0 bridgehead atoms. The van der Waals surface area contributed by atoms with Crippen LogP contribution in [-0.2, 0) is 25.9 Å². The lowest BCUT2D eigenvalue weighted by atomic mass is 10.00. The molecule has 0 spiro atoms. The van der Waals surface area contributed by atoms with Crippen LogP contribution in [0.25, 0.3) is 10.9 Å². The Morgan fingerprint density at radius 1 is 1.00 bits per heavy atom. The molecule has 4 rings (SSSR count). The molecule has 2 heterocycles. The number of nitrogens with zero attached hydrogens (tertiary/aromatic N) is 2. The minimum absolute atomic E-state index is 0.613. The molecule has 3 aromatic rings. The van der Waals surface area contributed by atoms with Crippen molar-refractivity contribution in [3.8, 4) is 0 Å². The van der Waals surface area contributed by atoms with Crippen LogP contribution in [-0.4, -0.2) is 22.6 Å². The number of likely N-dealkylation sites (N-methyl/N-ethyl adjacent to an activating group) is 1. The van der Waals surface area contributed by atoms with Crippen LogP contribution in [0.2, 0.25) is 0 Å². The SMILES string of the molecule is CC1Cc2c(c3ccccc3n2CCc2ccccc2)CN1C. The van der Waals surface area contributed by atoms with E-state index in [9.17, 15) is 0 Å². The van der Waals surface area contributed by atoms with E-state index in [1.54, 1.807) is 5.69 Å². The molecule has 2 nitrogen and oxygen atoms in total. The molecule has 1 atom stereocenters. The first kappa shape index (κ1) is 14.5. The maximum atomic E-state index is 2.57. The number of benzene rings is 2. The number of aromatic nitrogens is 1. The number of fused-ring (bicyclic) bond motifs is 3. The minimum Gasteiger partial charge on any atom is -0.344 e.